The summed E-state index contributed by atoms with van der Waals surface area (Å²) in [7, 11) is 0. The summed E-state index contributed by atoms with van der Waals surface area (Å²) < 4.78 is 0. The third-order valence-corrected chi connectivity index (χ3v) is 3.14. The first-order chi connectivity index (χ1) is 8.61. The quantitative estimate of drug-likeness (QED) is 0.756. The van der Waals surface area contributed by atoms with Gasteiger partial charge in [0.1, 0.15) is 6.07 Å². The van der Waals surface area contributed by atoms with Crippen molar-refractivity contribution in [3.63, 3.8) is 0 Å². The number of nitrogens with one attached hydrogen (secondary N) is 1. The van der Waals surface area contributed by atoms with Crippen molar-refractivity contribution < 1.29 is 4.79 Å². The molecular formula is C13H16N4O. The van der Waals surface area contributed by atoms with Gasteiger partial charge in [-0.3, -0.25) is 4.79 Å². The molecule has 5 nitrogen and oxygen atoms in total. The summed E-state index contributed by atoms with van der Waals surface area (Å²) in [6.07, 6.45) is 0.899. The number of hydrogen-bond acceptors (Lipinski definition) is 4. The van der Waals surface area contributed by atoms with E-state index in [1.807, 2.05) is 12.1 Å². The van der Waals surface area contributed by atoms with Crippen LogP contribution in [0.2, 0.25) is 0 Å². The van der Waals surface area contributed by atoms with E-state index >= 15 is 0 Å². The van der Waals surface area contributed by atoms with Gasteiger partial charge in [-0.2, -0.15) is 5.26 Å². The molecule has 0 spiro atoms. The molecule has 0 aromatic heterocycles. The van der Waals surface area contributed by atoms with Crippen LogP contribution in [0.15, 0.2) is 18.2 Å². The molecular weight excluding hydrogens is 228 g/mol. The molecule has 2 rings (SSSR count). The number of nitrogens with zero attached hydrogens (tertiary/aromatic N) is 2. The number of rotatable bonds is 2. The maximum atomic E-state index is 11.0. The van der Waals surface area contributed by atoms with E-state index in [4.69, 9.17) is 11.0 Å². The van der Waals surface area contributed by atoms with Gasteiger partial charge >= 0.3 is 0 Å². The minimum absolute atomic E-state index is 0.0133. The second kappa shape index (κ2) is 4.96. The first kappa shape index (κ1) is 12.2. The fraction of sp³-hybridized carbons (Fsp3) is 0.385. The summed E-state index contributed by atoms with van der Waals surface area (Å²) in [6.45, 7) is 3.09. The second-order valence-corrected chi connectivity index (χ2v) is 4.48. The first-order valence-corrected chi connectivity index (χ1v) is 5.92. The number of nitriles is 1. The fourth-order valence-electron chi connectivity index (χ4n) is 2.31. The van der Waals surface area contributed by atoms with E-state index in [1.165, 1.54) is 6.92 Å². The number of benzene rings is 1. The highest BCUT2D eigenvalue weighted by molar-refractivity contribution is 5.75. The smallest absolute Gasteiger partial charge is 0.217 e. The molecule has 94 valence electrons. The Morgan fingerprint density at radius 2 is 2.39 bits per heavy atom. The van der Waals surface area contributed by atoms with Crippen LogP contribution in [0.3, 0.4) is 0 Å². The van der Waals surface area contributed by atoms with E-state index in [1.54, 1.807) is 6.07 Å². The van der Waals surface area contributed by atoms with Crippen molar-refractivity contribution in [1.82, 2.24) is 5.32 Å². The molecule has 1 aliphatic rings. The molecule has 0 aliphatic carbocycles. The van der Waals surface area contributed by atoms with Gasteiger partial charge in [0.05, 0.1) is 16.9 Å². The number of hydrogen-bond donors (Lipinski definition) is 2. The van der Waals surface area contributed by atoms with Gasteiger partial charge in [-0.1, -0.05) is 6.07 Å². The van der Waals surface area contributed by atoms with Gasteiger partial charge in [-0.25, -0.2) is 0 Å². The molecule has 1 aromatic rings. The van der Waals surface area contributed by atoms with Crippen molar-refractivity contribution in [1.29, 1.82) is 5.26 Å². The average molecular weight is 244 g/mol. The predicted molar refractivity (Wildman–Crippen MR) is 70.0 cm³/mol. The van der Waals surface area contributed by atoms with Crippen molar-refractivity contribution in [2.24, 2.45) is 0 Å². The Morgan fingerprint density at radius 3 is 3.06 bits per heavy atom. The molecule has 1 fully saturated rings. The van der Waals surface area contributed by atoms with Gasteiger partial charge in [0, 0.05) is 26.1 Å². The number of para-hydroxylation sites is 1. The summed E-state index contributed by atoms with van der Waals surface area (Å²) in [6, 6.07) is 7.69. The highest BCUT2D eigenvalue weighted by Gasteiger charge is 2.24. The lowest BCUT2D eigenvalue weighted by atomic mass is 10.1. The summed E-state index contributed by atoms with van der Waals surface area (Å²) in [5, 5.41) is 11.9. The Morgan fingerprint density at radius 1 is 1.61 bits per heavy atom. The third-order valence-electron chi connectivity index (χ3n) is 3.14. The monoisotopic (exact) mass is 244 g/mol. The Bertz CT molecular complexity index is 506. The molecule has 1 aliphatic heterocycles. The van der Waals surface area contributed by atoms with Gasteiger partial charge in [-0.05, 0) is 18.6 Å². The first-order valence-electron chi connectivity index (χ1n) is 5.92. The van der Waals surface area contributed by atoms with Crippen LogP contribution in [0.25, 0.3) is 0 Å². The molecule has 1 aromatic carbocycles. The normalized spacial score (nSPS) is 18.4. The van der Waals surface area contributed by atoms with E-state index in [9.17, 15) is 4.79 Å². The summed E-state index contributed by atoms with van der Waals surface area (Å²) >= 11 is 0. The second-order valence-electron chi connectivity index (χ2n) is 4.48. The number of carbonyl (C=O) groups excluding carboxylic acids is 1. The van der Waals surface area contributed by atoms with Gasteiger partial charge in [0.2, 0.25) is 5.91 Å². The fourth-order valence-corrected chi connectivity index (χ4v) is 2.31. The molecule has 5 heteroatoms. The highest BCUT2D eigenvalue weighted by Crippen LogP contribution is 2.29. The molecule has 1 atom stereocenters. The molecule has 3 N–H and O–H groups in total. The van der Waals surface area contributed by atoms with Crippen LogP contribution in [0.5, 0.6) is 0 Å². The predicted octanol–water partition coefficient (Wildman–Crippen LogP) is 0.855. The zero-order valence-electron chi connectivity index (χ0n) is 10.3. The van der Waals surface area contributed by atoms with Crippen LogP contribution < -0.4 is 16.0 Å². The molecule has 1 amide bonds. The Balaban J connectivity index is 2.15. The van der Waals surface area contributed by atoms with Gasteiger partial charge in [0.25, 0.3) is 0 Å². The summed E-state index contributed by atoms with van der Waals surface area (Å²) in [5.74, 6) is -0.0133. The lowest BCUT2D eigenvalue weighted by molar-refractivity contribution is -0.119. The SMILES string of the molecule is CC(=O)NC1CCN(c2cccc(C#N)c2N)C1. The number of nitrogens with two attached hydrogens (primary N) is 1. The third kappa shape index (κ3) is 2.38. The van der Waals surface area contributed by atoms with Crippen molar-refractivity contribution in [2.45, 2.75) is 19.4 Å². The maximum Gasteiger partial charge on any atom is 0.217 e. The highest BCUT2D eigenvalue weighted by atomic mass is 16.1. The Kier molecular flexibility index (Phi) is 3.38. The number of carbonyl (C=O) groups is 1. The molecule has 0 radical (unpaired) electrons. The van der Waals surface area contributed by atoms with Crippen LogP contribution in [-0.4, -0.2) is 25.0 Å². The van der Waals surface area contributed by atoms with E-state index < -0.39 is 0 Å². The minimum atomic E-state index is -0.0133. The van der Waals surface area contributed by atoms with Crippen LogP contribution in [0.4, 0.5) is 11.4 Å². The van der Waals surface area contributed by atoms with Crippen LogP contribution in [-0.2, 0) is 4.79 Å². The Hall–Kier alpha value is -2.22. The van der Waals surface area contributed by atoms with Crippen LogP contribution in [0.1, 0.15) is 18.9 Å². The Labute approximate surface area is 106 Å². The van der Waals surface area contributed by atoms with E-state index in [2.05, 4.69) is 16.3 Å². The molecule has 1 unspecified atom stereocenters. The molecule has 1 saturated heterocycles. The van der Waals surface area contributed by atoms with Crippen LogP contribution >= 0.6 is 0 Å². The summed E-state index contributed by atoms with van der Waals surface area (Å²) in [5.41, 5.74) is 7.86. The standard InChI is InChI=1S/C13H16N4O/c1-9(18)16-11-5-6-17(8-11)12-4-2-3-10(7-14)13(12)15/h2-4,11H,5-6,8,15H2,1H3,(H,16,18). The largest absolute Gasteiger partial charge is 0.396 e. The average Bonchev–Trinajstić information content (AvgIpc) is 2.76. The lowest BCUT2D eigenvalue weighted by Crippen LogP contribution is -2.35. The number of anilines is 2. The molecule has 0 bridgehead atoms. The maximum absolute atomic E-state index is 11.0. The number of amides is 1. The van der Waals surface area contributed by atoms with Crippen molar-refractivity contribution in [3.05, 3.63) is 23.8 Å². The van der Waals surface area contributed by atoms with Crippen molar-refractivity contribution in [3.8, 4) is 6.07 Å². The zero-order chi connectivity index (χ0) is 13.1. The molecule has 1 heterocycles. The topological polar surface area (TPSA) is 82.2 Å². The summed E-state index contributed by atoms with van der Waals surface area (Å²) in [4.78, 5) is 13.1. The molecule has 18 heavy (non-hydrogen) atoms. The number of nitrogen functional groups attached to an aromatic ring is 1. The van der Waals surface area contributed by atoms with E-state index in [0.717, 1.165) is 25.2 Å². The minimum Gasteiger partial charge on any atom is -0.396 e. The van der Waals surface area contributed by atoms with Crippen LogP contribution in [0, 0.1) is 11.3 Å². The van der Waals surface area contributed by atoms with Crippen molar-refractivity contribution >= 4 is 17.3 Å². The van der Waals surface area contributed by atoms with Crippen molar-refractivity contribution in [2.75, 3.05) is 23.7 Å². The van der Waals surface area contributed by atoms with Gasteiger partial charge in [-0.15, -0.1) is 0 Å². The van der Waals surface area contributed by atoms with E-state index in [0.29, 0.717) is 11.3 Å². The zero-order valence-corrected chi connectivity index (χ0v) is 10.3. The molecule has 0 saturated carbocycles. The lowest BCUT2D eigenvalue weighted by Gasteiger charge is -2.21. The van der Waals surface area contributed by atoms with Gasteiger partial charge < -0.3 is 16.0 Å². The van der Waals surface area contributed by atoms with E-state index in [-0.39, 0.29) is 11.9 Å². The van der Waals surface area contributed by atoms with Gasteiger partial charge in [0.15, 0.2) is 0 Å².